The van der Waals surface area contributed by atoms with Gasteiger partial charge in [-0.2, -0.15) is 0 Å². The Morgan fingerprint density at radius 3 is 2.69 bits per heavy atom. The van der Waals surface area contributed by atoms with E-state index >= 15 is 0 Å². The molecule has 1 unspecified atom stereocenters. The van der Waals surface area contributed by atoms with Gasteiger partial charge in [-0.15, -0.1) is 0 Å². The van der Waals surface area contributed by atoms with Crippen LogP contribution in [0.25, 0.3) is 0 Å². The molecule has 1 fully saturated rings. The molecular formula is C11H24N2. The van der Waals surface area contributed by atoms with Crippen molar-refractivity contribution in [1.82, 2.24) is 10.2 Å². The van der Waals surface area contributed by atoms with Crippen molar-refractivity contribution in [3.63, 3.8) is 0 Å². The summed E-state index contributed by atoms with van der Waals surface area (Å²) in [6.07, 6.45) is 1.35. The molecule has 1 aliphatic rings. The highest BCUT2D eigenvalue weighted by Gasteiger charge is 2.32. The summed E-state index contributed by atoms with van der Waals surface area (Å²) in [7, 11) is 2.05. The number of nitrogens with zero attached hydrogens (tertiary/aromatic N) is 1. The third-order valence-electron chi connectivity index (χ3n) is 2.86. The van der Waals surface area contributed by atoms with E-state index in [-0.39, 0.29) is 0 Å². The third kappa shape index (κ3) is 3.28. The molecule has 0 aromatic heterocycles. The Hall–Kier alpha value is -0.0800. The molecule has 0 radical (unpaired) electrons. The van der Waals surface area contributed by atoms with E-state index in [0.29, 0.717) is 5.41 Å². The summed E-state index contributed by atoms with van der Waals surface area (Å²) in [5.74, 6) is 0.803. The molecule has 2 nitrogen and oxygen atoms in total. The summed E-state index contributed by atoms with van der Waals surface area (Å²) in [5.41, 5.74) is 0.518. The first kappa shape index (κ1) is 11.0. The predicted octanol–water partition coefficient (Wildman–Crippen LogP) is 1.57. The zero-order chi connectivity index (χ0) is 9.90. The molecule has 0 aromatic carbocycles. The van der Waals surface area contributed by atoms with E-state index in [4.69, 9.17) is 0 Å². The summed E-state index contributed by atoms with van der Waals surface area (Å²) >= 11 is 0. The van der Waals surface area contributed by atoms with E-state index in [1.807, 2.05) is 0 Å². The number of likely N-dealkylation sites (tertiary alicyclic amines) is 1. The third-order valence-corrected chi connectivity index (χ3v) is 2.86. The molecule has 0 bridgehead atoms. The molecule has 1 saturated heterocycles. The summed E-state index contributed by atoms with van der Waals surface area (Å²) in [5, 5.41) is 3.30. The van der Waals surface area contributed by atoms with Crippen LogP contribution in [-0.2, 0) is 0 Å². The van der Waals surface area contributed by atoms with Gasteiger partial charge in [0, 0.05) is 19.6 Å². The van der Waals surface area contributed by atoms with Crippen molar-refractivity contribution in [3.8, 4) is 0 Å². The van der Waals surface area contributed by atoms with E-state index < -0.39 is 0 Å². The highest BCUT2D eigenvalue weighted by Crippen LogP contribution is 2.29. The number of nitrogens with one attached hydrogen (secondary N) is 1. The van der Waals surface area contributed by atoms with Crippen molar-refractivity contribution in [3.05, 3.63) is 0 Å². The second-order valence-electron chi connectivity index (χ2n) is 5.22. The van der Waals surface area contributed by atoms with Crippen LogP contribution in [-0.4, -0.2) is 38.1 Å². The van der Waals surface area contributed by atoms with Crippen LogP contribution in [0.15, 0.2) is 0 Å². The minimum atomic E-state index is 0.518. The molecule has 78 valence electrons. The van der Waals surface area contributed by atoms with Crippen molar-refractivity contribution in [2.75, 3.05) is 33.2 Å². The van der Waals surface area contributed by atoms with Crippen molar-refractivity contribution in [2.45, 2.75) is 27.2 Å². The molecule has 0 aromatic rings. The fourth-order valence-corrected chi connectivity index (χ4v) is 2.37. The van der Waals surface area contributed by atoms with Crippen molar-refractivity contribution in [2.24, 2.45) is 11.3 Å². The SMILES string of the molecule is CNCC1(C)CCN(CC(C)C)C1. The van der Waals surface area contributed by atoms with Crippen LogP contribution in [0.4, 0.5) is 0 Å². The monoisotopic (exact) mass is 184 g/mol. The Morgan fingerprint density at radius 1 is 1.46 bits per heavy atom. The summed E-state index contributed by atoms with van der Waals surface area (Å²) in [6.45, 7) is 12.0. The fraction of sp³-hybridized carbons (Fsp3) is 1.00. The van der Waals surface area contributed by atoms with Crippen LogP contribution in [0.2, 0.25) is 0 Å². The lowest BCUT2D eigenvalue weighted by atomic mass is 9.90. The molecule has 13 heavy (non-hydrogen) atoms. The van der Waals surface area contributed by atoms with E-state index in [1.165, 1.54) is 26.1 Å². The van der Waals surface area contributed by atoms with Crippen molar-refractivity contribution < 1.29 is 0 Å². The van der Waals surface area contributed by atoms with Crippen molar-refractivity contribution in [1.29, 1.82) is 0 Å². The normalized spacial score (nSPS) is 30.2. The molecule has 1 rings (SSSR count). The molecule has 0 amide bonds. The van der Waals surface area contributed by atoms with Crippen LogP contribution in [0, 0.1) is 11.3 Å². The van der Waals surface area contributed by atoms with Crippen LogP contribution in [0.3, 0.4) is 0 Å². The van der Waals surface area contributed by atoms with Crippen LogP contribution in [0.5, 0.6) is 0 Å². The minimum absolute atomic E-state index is 0.518. The zero-order valence-electron chi connectivity index (χ0n) is 9.56. The maximum Gasteiger partial charge on any atom is 0.00481 e. The van der Waals surface area contributed by atoms with Crippen LogP contribution >= 0.6 is 0 Å². The maximum absolute atomic E-state index is 3.30. The first-order chi connectivity index (χ1) is 6.06. The van der Waals surface area contributed by atoms with Crippen LogP contribution < -0.4 is 5.32 Å². The highest BCUT2D eigenvalue weighted by atomic mass is 15.2. The van der Waals surface area contributed by atoms with Gasteiger partial charge in [0.25, 0.3) is 0 Å². The van der Waals surface area contributed by atoms with Gasteiger partial charge in [0.2, 0.25) is 0 Å². The van der Waals surface area contributed by atoms with E-state index in [1.54, 1.807) is 0 Å². The average Bonchev–Trinajstić information content (AvgIpc) is 2.31. The van der Waals surface area contributed by atoms with Crippen molar-refractivity contribution >= 4 is 0 Å². The zero-order valence-corrected chi connectivity index (χ0v) is 9.56. The molecule has 0 saturated carbocycles. The van der Waals surface area contributed by atoms with Gasteiger partial charge in [-0.1, -0.05) is 20.8 Å². The standard InChI is InChI=1S/C11H24N2/c1-10(2)7-13-6-5-11(3,9-13)8-12-4/h10,12H,5-9H2,1-4H3. The second kappa shape index (κ2) is 4.43. The van der Waals surface area contributed by atoms with Gasteiger partial charge in [-0.05, 0) is 31.3 Å². The van der Waals surface area contributed by atoms with Gasteiger partial charge in [0.1, 0.15) is 0 Å². The van der Waals surface area contributed by atoms with Crippen LogP contribution in [0.1, 0.15) is 27.2 Å². The fourth-order valence-electron chi connectivity index (χ4n) is 2.37. The molecule has 1 N–H and O–H groups in total. The summed E-state index contributed by atoms with van der Waals surface area (Å²) < 4.78 is 0. The van der Waals surface area contributed by atoms with E-state index in [9.17, 15) is 0 Å². The highest BCUT2D eigenvalue weighted by molar-refractivity contribution is 4.87. The van der Waals surface area contributed by atoms with E-state index in [2.05, 4.69) is 38.0 Å². The summed E-state index contributed by atoms with van der Waals surface area (Å²) in [6, 6.07) is 0. The lowest BCUT2D eigenvalue weighted by molar-refractivity contribution is 0.250. The quantitative estimate of drug-likeness (QED) is 0.713. The lowest BCUT2D eigenvalue weighted by Crippen LogP contribution is -2.34. The van der Waals surface area contributed by atoms with Gasteiger partial charge in [-0.3, -0.25) is 0 Å². The van der Waals surface area contributed by atoms with Gasteiger partial charge < -0.3 is 10.2 Å². The maximum atomic E-state index is 3.30. The smallest absolute Gasteiger partial charge is 0.00481 e. The minimum Gasteiger partial charge on any atom is -0.319 e. The number of hydrogen-bond acceptors (Lipinski definition) is 2. The number of hydrogen-bond donors (Lipinski definition) is 1. The second-order valence-corrected chi connectivity index (χ2v) is 5.22. The van der Waals surface area contributed by atoms with Gasteiger partial charge in [-0.25, -0.2) is 0 Å². The van der Waals surface area contributed by atoms with Gasteiger partial charge >= 0.3 is 0 Å². The molecule has 1 heterocycles. The number of rotatable bonds is 4. The Balaban J connectivity index is 2.34. The average molecular weight is 184 g/mol. The molecule has 1 aliphatic heterocycles. The lowest BCUT2D eigenvalue weighted by Gasteiger charge is -2.25. The molecule has 1 atom stereocenters. The topological polar surface area (TPSA) is 15.3 Å². The molecule has 0 spiro atoms. The Bertz CT molecular complexity index is 156. The summed E-state index contributed by atoms with van der Waals surface area (Å²) in [4.78, 5) is 2.60. The van der Waals surface area contributed by atoms with Gasteiger partial charge in [0.05, 0.1) is 0 Å². The Morgan fingerprint density at radius 2 is 2.15 bits per heavy atom. The van der Waals surface area contributed by atoms with E-state index in [0.717, 1.165) is 12.5 Å². The largest absolute Gasteiger partial charge is 0.319 e. The molecule has 0 aliphatic carbocycles. The molecular weight excluding hydrogens is 160 g/mol. The Labute approximate surface area is 82.7 Å². The first-order valence-electron chi connectivity index (χ1n) is 5.43. The Kier molecular flexibility index (Phi) is 3.74. The van der Waals surface area contributed by atoms with Gasteiger partial charge in [0.15, 0.2) is 0 Å². The first-order valence-corrected chi connectivity index (χ1v) is 5.43. The predicted molar refractivity (Wildman–Crippen MR) is 57.9 cm³/mol. The molecule has 2 heteroatoms.